The number of rotatable bonds is 7. The van der Waals surface area contributed by atoms with Crippen molar-refractivity contribution >= 4 is 5.91 Å². The molecule has 0 spiro atoms. The Labute approximate surface area is 103 Å². The van der Waals surface area contributed by atoms with Crippen LogP contribution in [0.3, 0.4) is 0 Å². The molecule has 4 N–H and O–H groups in total. The Hall–Kier alpha value is -1.39. The van der Waals surface area contributed by atoms with Crippen LogP contribution in [-0.2, 0) is 11.3 Å². The number of hydrogen-bond acceptors (Lipinski definition) is 3. The van der Waals surface area contributed by atoms with Gasteiger partial charge in [0.25, 0.3) is 0 Å². The highest BCUT2D eigenvalue weighted by molar-refractivity contribution is 5.76. The lowest BCUT2D eigenvalue weighted by Crippen LogP contribution is -2.33. The van der Waals surface area contributed by atoms with Crippen LogP contribution in [0.2, 0.25) is 0 Å². The molecule has 4 heteroatoms. The number of benzene rings is 1. The Morgan fingerprint density at radius 2 is 1.82 bits per heavy atom. The second-order valence-electron chi connectivity index (χ2n) is 3.98. The second kappa shape index (κ2) is 7.81. The minimum absolute atomic E-state index is 0.102. The van der Waals surface area contributed by atoms with E-state index in [0.29, 0.717) is 32.6 Å². The summed E-state index contributed by atoms with van der Waals surface area (Å²) >= 11 is 0. The van der Waals surface area contributed by atoms with Crippen LogP contribution in [-0.4, -0.2) is 30.4 Å². The SMILES string of the molecule is NCCCN(Cc1ccccc1)C(=O)CCN. The normalized spacial score (nSPS) is 10.2. The van der Waals surface area contributed by atoms with Gasteiger partial charge in [0.05, 0.1) is 0 Å². The third-order valence-electron chi connectivity index (χ3n) is 2.56. The Balaban J connectivity index is 2.59. The minimum atomic E-state index is 0.102. The van der Waals surface area contributed by atoms with Crippen LogP contribution in [0, 0.1) is 0 Å². The number of nitrogens with two attached hydrogens (primary N) is 2. The van der Waals surface area contributed by atoms with Crippen LogP contribution in [0.15, 0.2) is 30.3 Å². The molecule has 0 saturated heterocycles. The lowest BCUT2D eigenvalue weighted by molar-refractivity contribution is -0.131. The van der Waals surface area contributed by atoms with Gasteiger partial charge in [-0.2, -0.15) is 0 Å². The van der Waals surface area contributed by atoms with Crippen molar-refractivity contribution in [3.05, 3.63) is 35.9 Å². The Morgan fingerprint density at radius 3 is 2.41 bits per heavy atom. The van der Waals surface area contributed by atoms with Crippen molar-refractivity contribution in [3.63, 3.8) is 0 Å². The molecule has 1 aromatic carbocycles. The van der Waals surface area contributed by atoms with E-state index in [2.05, 4.69) is 0 Å². The topological polar surface area (TPSA) is 72.3 Å². The predicted octanol–water partition coefficient (Wildman–Crippen LogP) is 0.713. The summed E-state index contributed by atoms with van der Waals surface area (Å²) in [5.41, 5.74) is 12.0. The van der Waals surface area contributed by atoms with Crippen molar-refractivity contribution < 1.29 is 4.79 Å². The maximum atomic E-state index is 11.9. The molecule has 0 atom stereocenters. The first-order chi connectivity index (χ1) is 8.27. The maximum absolute atomic E-state index is 11.9. The first kappa shape index (κ1) is 13.7. The lowest BCUT2D eigenvalue weighted by atomic mass is 10.2. The molecule has 0 bridgehead atoms. The molecular formula is C13H21N3O. The molecule has 1 rings (SSSR count). The van der Waals surface area contributed by atoms with Crippen molar-refractivity contribution in [2.75, 3.05) is 19.6 Å². The van der Waals surface area contributed by atoms with Gasteiger partial charge < -0.3 is 16.4 Å². The zero-order chi connectivity index (χ0) is 12.5. The Morgan fingerprint density at radius 1 is 1.12 bits per heavy atom. The highest BCUT2D eigenvalue weighted by atomic mass is 16.2. The quantitative estimate of drug-likeness (QED) is 0.731. The fourth-order valence-electron chi connectivity index (χ4n) is 1.66. The van der Waals surface area contributed by atoms with Gasteiger partial charge in [-0.05, 0) is 18.5 Å². The molecule has 94 valence electrons. The van der Waals surface area contributed by atoms with Gasteiger partial charge >= 0.3 is 0 Å². The molecule has 17 heavy (non-hydrogen) atoms. The third kappa shape index (κ3) is 4.97. The highest BCUT2D eigenvalue weighted by Crippen LogP contribution is 2.06. The zero-order valence-electron chi connectivity index (χ0n) is 10.1. The van der Waals surface area contributed by atoms with E-state index in [1.165, 1.54) is 0 Å². The van der Waals surface area contributed by atoms with Crippen molar-refractivity contribution in [1.29, 1.82) is 0 Å². The molecule has 0 radical (unpaired) electrons. The van der Waals surface area contributed by atoms with E-state index in [1.54, 1.807) is 0 Å². The summed E-state index contributed by atoms with van der Waals surface area (Å²) in [6.45, 7) is 2.33. The van der Waals surface area contributed by atoms with Gasteiger partial charge in [-0.1, -0.05) is 30.3 Å². The van der Waals surface area contributed by atoms with E-state index in [1.807, 2.05) is 35.2 Å². The summed E-state index contributed by atoms with van der Waals surface area (Å²) < 4.78 is 0. The van der Waals surface area contributed by atoms with E-state index < -0.39 is 0 Å². The molecular weight excluding hydrogens is 214 g/mol. The maximum Gasteiger partial charge on any atom is 0.224 e. The molecule has 0 heterocycles. The van der Waals surface area contributed by atoms with Gasteiger partial charge in [0, 0.05) is 26.1 Å². The number of carbonyl (C=O) groups excluding carboxylic acids is 1. The van der Waals surface area contributed by atoms with Crippen LogP contribution in [0.5, 0.6) is 0 Å². The predicted molar refractivity (Wildman–Crippen MR) is 69.2 cm³/mol. The van der Waals surface area contributed by atoms with E-state index >= 15 is 0 Å². The number of nitrogens with zero attached hydrogens (tertiary/aromatic N) is 1. The number of amides is 1. The smallest absolute Gasteiger partial charge is 0.224 e. The van der Waals surface area contributed by atoms with Crippen LogP contribution in [0.25, 0.3) is 0 Å². The van der Waals surface area contributed by atoms with Gasteiger partial charge in [-0.25, -0.2) is 0 Å². The van der Waals surface area contributed by atoms with Gasteiger partial charge in [-0.15, -0.1) is 0 Å². The summed E-state index contributed by atoms with van der Waals surface area (Å²) in [4.78, 5) is 13.7. The van der Waals surface area contributed by atoms with Crippen molar-refractivity contribution in [3.8, 4) is 0 Å². The van der Waals surface area contributed by atoms with E-state index in [0.717, 1.165) is 12.0 Å². The first-order valence-electron chi connectivity index (χ1n) is 5.99. The molecule has 4 nitrogen and oxygen atoms in total. The highest BCUT2D eigenvalue weighted by Gasteiger charge is 2.12. The standard InChI is InChI=1S/C13H21N3O/c14-8-4-10-16(13(17)7-9-15)11-12-5-2-1-3-6-12/h1-3,5-6H,4,7-11,14-15H2. The number of hydrogen-bond donors (Lipinski definition) is 2. The summed E-state index contributed by atoms with van der Waals surface area (Å²) in [5, 5.41) is 0. The number of carbonyl (C=O) groups is 1. The van der Waals surface area contributed by atoms with Crippen LogP contribution in [0.4, 0.5) is 0 Å². The molecule has 1 amide bonds. The largest absolute Gasteiger partial charge is 0.338 e. The van der Waals surface area contributed by atoms with Crippen molar-refractivity contribution in [2.45, 2.75) is 19.4 Å². The van der Waals surface area contributed by atoms with E-state index in [4.69, 9.17) is 11.5 Å². The average molecular weight is 235 g/mol. The minimum Gasteiger partial charge on any atom is -0.338 e. The van der Waals surface area contributed by atoms with Crippen LogP contribution < -0.4 is 11.5 Å². The Kier molecular flexibility index (Phi) is 6.29. The fraction of sp³-hybridized carbons (Fsp3) is 0.462. The van der Waals surface area contributed by atoms with Crippen molar-refractivity contribution in [2.24, 2.45) is 11.5 Å². The monoisotopic (exact) mass is 235 g/mol. The van der Waals surface area contributed by atoms with Gasteiger partial charge in [0.1, 0.15) is 0 Å². The summed E-state index contributed by atoms with van der Waals surface area (Å²) in [6.07, 6.45) is 1.22. The molecule has 0 unspecified atom stereocenters. The third-order valence-corrected chi connectivity index (χ3v) is 2.56. The molecule has 0 saturated carbocycles. The van der Waals surface area contributed by atoms with Gasteiger partial charge in [0.2, 0.25) is 5.91 Å². The van der Waals surface area contributed by atoms with Crippen LogP contribution in [0.1, 0.15) is 18.4 Å². The summed E-state index contributed by atoms with van der Waals surface area (Å²) in [7, 11) is 0. The Bertz CT molecular complexity index is 327. The molecule has 1 aromatic rings. The summed E-state index contributed by atoms with van der Waals surface area (Å²) in [5.74, 6) is 0.102. The second-order valence-corrected chi connectivity index (χ2v) is 3.98. The average Bonchev–Trinajstić information content (AvgIpc) is 2.36. The van der Waals surface area contributed by atoms with Crippen LogP contribution >= 0.6 is 0 Å². The van der Waals surface area contributed by atoms with E-state index in [9.17, 15) is 4.79 Å². The summed E-state index contributed by atoms with van der Waals surface area (Å²) in [6, 6.07) is 9.96. The zero-order valence-corrected chi connectivity index (χ0v) is 10.1. The molecule has 0 aliphatic carbocycles. The molecule has 0 aromatic heterocycles. The van der Waals surface area contributed by atoms with E-state index in [-0.39, 0.29) is 5.91 Å². The van der Waals surface area contributed by atoms with Gasteiger partial charge in [-0.3, -0.25) is 4.79 Å². The lowest BCUT2D eigenvalue weighted by Gasteiger charge is -2.22. The molecule has 0 aliphatic rings. The molecule has 0 aliphatic heterocycles. The fourth-order valence-corrected chi connectivity index (χ4v) is 1.66. The first-order valence-corrected chi connectivity index (χ1v) is 5.99. The molecule has 0 fully saturated rings. The van der Waals surface area contributed by atoms with Crippen molar-refractivity contribution in [1.82, 2.24) is 4.90 Å². The van der Waals surface area contributed by atoms with Gasteiger partial charge in [0.15, 0.2) is 0 Å².